The van der Waals surface area contributed by atoms with Crippen LogP contribution in [0.25, 0.3) is 0 Å². The van der Waals surface area contributed by atoms with Gasteiger partial charge in [-0.1, -0.05) is 23.9 Å². The molecule has 0 saturated carbocycles. The Morgan fingerprint density at radius 3 is 2.34 bits per heavy atom. The van der Waals surface area contributed by atoms with E-state index in [9.17, 15) is 4.79 Å². The van der Waals surface area contributed by atoms with E-state index in [1.165, 1.54) is 11.8 Å². The first-order valence-corrected chi connectivity index (χ1v) is 11.2. The summed E-state index contributed by atoms with van der Waals surface area (Å²) in [4.78, 5) is 12.5. The number of benzene rings is 2. The quantitative estimate of drug-likeness (QED) is 0.441. The molecule has 2 aromatic carbocycles. The third-order valence-electron chi connectivity index (χ3n) is 4.66. The Kier molecular flexibility index (Phi) is 7.99. The molecular formula is C23H28N4O4S. The highest BCUT2D eigenvalue weighted by Crippen LogP contribution is 2.29. The summed E-state index contributed by atoms with van der Waals surface area (Å²) in [6.07, 6.45) is -0.324. The molecule has 8 nitrogen and oxygen atoms in total. The van der Waals surface area contributed by atoms with Crippen LogP contribution in [-0.2, 0) is 4.79 Å². The Labute approximate surface area is 192 Å². The Morgan fingerprint density at radius 1 is 1.00 bits per heavy atom. The maximum Gasteiger partial charge on any atom is 0.234 e. The van der Waals surface area contributed by atoms with Crippen LogP contribution >= 0.6 is 11.8 Å². The highest BCUT2D eigenvalue weighted by molar-refractivity contribution is 7.99. The SMILES string of the molecule is COc1ccc(OC(C)c2nnc(SCC(=O)Nc3ccccc3OC)n2C(C)C)cc1. The van der Waals surface area contributed by atoms with Crippen molar-refractivity contribution in [2.75, 3.05) is 25.3 Å². The third-order valence-corrected chi connectivity index (χ3v) is 5.60. The summed E-state index contributed by atoms with van der Waals surface area (Å²) >= 11 is 1.33. The van der Waals surface area contributed by atoms with Crippen molar-refractivity contribution in [2.45, 2.75) is 38.1 Å². The predicted molar refractivity (Wildman–Crippen MR) is 125 cm³/mol. The second kappa shape index (κ2) is 10.9. The van der Waals surface area contributed by atoms with Crippen molar-refractivity contribution in [3.63, 3.8) is 0 Å². The lowest BCUT2D eigenvalue weighted by molar-refractivity contribution is -0.113. The molecule has 1 atom stereocenters. The van der Waals surface area contributed by atoms with Gasteiger partial charge in [-0.15, -0.1) is 10.2 Å². The minimum atomic E-state index is -0.324. The van der Waals surface area contributed by atoms with Crippen LogP contribution in [-0.4, -0.2) is 40.6 Å². The highest BCUT2D eigenvalue weighted by Gasteiger charge is 2.22. The molecule has 170 valence electrons. The molecule has 0 fully saturated rings. The molecule has 1 N–H and O–H groups in total. The second-order valence-corrected chi connectivity index (χ2v) is 8.22. The maximum atomic E-state index is 12.5. The molecule has 1 heterocycles. The van der Waals surface area contributed by atoms with E-state index in [4.69, 9.17) is 14.2 Å². The first kappa shape index (κ1) is 23.5. The third kappa shape index (κ3) is 5.73. The molecular weight excluding hydrogens is 428 g/mol. The van der Waals surface area contributed by atoms with Gasteiger partial charge >= 0.3 is 0 Å². The number of rotatable bonds is 10. The molecule has 3 rings (SSSR count). The number of nitrogens with one attached hydrogen (secondary N) is 1. The van der Waals surface area contributed by atoms with E-state index in [0.29, 0.717) is 28.2 Å². The number of para-hydroxylation sites is 2. The van der Waals surface area contributed by atoms with Gasteiger partial charge in [0.1, 0.15) is 17.2 Å². The van der Waals surface area contributed by atoms with Gasteiger partial charge in [0.05, 0.1) is 25.7 Å². The first-order valence-electron chi connectivity index (χ1n) is 10.2. The summed E-state index contributed by atoms with van der Waals surface area (Å²) in [7, 11) is 3.20. The molecule has 0 aliphatic heterocycles. The summed E-state index contributed by atoms with van der Waals surface area (Å²) in [5.74, 6) is 2.83. The minimum Gasteiger partial charge on any atom is -0.497 e. The van der Waals surface area contributed by atoms with Crippen molar-refractivity contribution in [3.05, 3.63) is 54.4 Å². The Bertz CT molecular complexity index is 1040. The van der Waals surface area contributed by atoms with Gasteiger partial charge in [-0.3, -0.25) is 4.79 Å². The number of thioether (sulfide) groups is 1. The van der Waals surface area contributed by atoms with Gasteiger partial charge in [-0.05, 0) is 57.2 Å². The Morgan fingerprint density at radius 2 is 1.69 bits per heavy atom. The van der Waals surface area contributed by atoms with Crippen LogP contribution in [0, 0.1) is 0 Å². The van der Waals surface area contributed by atoms with Crippen LogP contribution in [0.15, 0.2) is 53.7 Å². The molecule has 1 amide bonds. The molecule has 32 heavy (non-hydrogen) atoms. The molecule has 0 aliphatic carbocycles. The molecule has 3 aromatic rings. The van der Waals surface area contributed by atoms with Crippen molar-refractivity contribution in [1.82, 2.24) is 14.8 Å². The van der Waals surface area contributed by atoms with Gasteiger partial charge in [0.2, 0.25) is 5.91 Å². The predicted octanol–water partition coefficient (Wildman–Crippen LogP) is 4.75. The van der Waals surface area contributed by atoms with Crippen LogP contribution in [0.2, 0.25) is 0 Å². The fourth-order valence-corrected chi connectivity index (χ4v) is 4.00. The van der Waals surface area contributed by atoms with Crippen LogP contribution in [0.1, 0.15) is 38.7 Å². The number of methoxy groups -OCH3 is 2. The van der Waals surface area contributed by atoms with Gasteiger partial charge in [0.25, 0.3) is 0 Å². The number of nitrogens with zero attached hydrogens (tertiary/aromatic N) is 3. The van der Waals surface area contributed by atoms with E-state index in [-0.39, 0.29) is 23.8 Å². The number of carbonyl (C=O) groups excluding carboxylic acids is 1. The van der Waals surface area contributed by atoms with Crippen LogP contribution < -0.4 is 19.5 Å². The van der Waals surface area contributed by atoms with Crippen molar-refractivity contribution < 1.29 is 19.0 Å². The van der Waals surface area contributed by atoms with Gasteiger partial charge in [0.15, 0.2) is 17.1 Å². The lowest BCUT2D eigenvalue weighted by Crippen LogP contribution is -2.17. The highest BCUT2D eigenvalue weighted by atomic mass is 32.2. The van der Waals surface area contributed by atoms with Crippen LogP contribution in [0.5, 0.6) is 17.2 Å². The summed E-state index contributed by atoms with van der Waals surface area (Å²) in [6, 6.07) is 14.8. The summed E-state index contributed by atoms with van der Waals surface area (Å²) in [5.41, 5.74) is 0.633. The summed E-state index contributed by atoms with van der Waals surface area (Å²) < 4.78 is 18.5. The largest absolute Gasteiger partial charge is 0.497 e. The summed E-state index contributed by atoms with van der Waals surface area (Å²) in [6.45, 7) is 6.02. The number of hydrogen-bond donors (Lipinski definition) is 1. The van der Waals surface area contributed by atoms with Gasteiger partial charge in [0, 0.05) is 6.04 Å². The first-order chi connectivity index (χ1) is 15.4. The van der Waals surface area contributed by atoms with Crippen LogP contribution in [0.3, 0.4) is 0 Å². The summed E-state index contributed by atoms with van der Waals surface area (Å²) in [5, 5.41) is 12.2. The van der Waals surface area contributed by atoms with Gasteiger partial charge in [-0.2, -0.15) is 0 Å². The monoisotopic (exact) mass is 456 g/mol. The Hall–Kier alpha value is -3.20. The fourth-order valence-electron chi connectivity index (χ4n) is 3.12. The number of amides is 1. The Balaban J connectivity index is 1.67. The molecule has 0 radical (unpaired) electrons. The smallest absolute Gasteiger partial charge is 0.234 e. The van der Waals surface area contributed by atoms with E-state index < -0.39 is 0 Å². The fraction of sp³-hybridized carbons (Fsp3) is 0.348. The van der Waals surface area contributed by atoms with Crippen molar-refractivity contribution in [2.24, 2.45) is 0 Å². The van der Waals surface area contributed by atoms with Gasteiger partial charge < -0.3 is 24.1 Å². The number of ether oxygens (including phenoxy) is 3. The van der Waals surface area contributed by atoms with E-state index in [1.54, 1.807) is 26.4 Å². The zero-order chi connectivity index (χ0) is 23.1. The molecule has 9 heteroatoms. The van der Waals surface area contributed by atoms with Crippen LogP contribution in [0.4, 0.5) is 5.69 Å². The zero-order valence-electron chi connectivity index (χ0n) is 18.9. The number of anilines is 1. The number of carbonyl (C=O) groups is 1. The average molecular weight is 457 g/mol. The van der Waals surface area contributed by atoms with Crippen molar-refractivity contribution >= 4 is 23.4 Å². The standard InChI is InChI=1S/C23H28N4O4S/c1-15(2)27-22(16(3)31-18-12-10-17(29-4)11-13-18)25-26-23(27)32-14-21(28)24-19-8-6-7-9-20(19)30-5/h6-13,15-16H,14H2,1-5H3,(H,24,28). The van der Waals surface area contributed by atoms with E-state index in [2.05, 4.69) is 15.5 Å². The average Bonchev–Trinajstić information content (AvgIpc) is 3.23. The lowest BCUT2D eigenvalue weighted by atomic mass is 10.3. The zero-order valence-corrected chi connectivity index (χ0v) is 19.7. The lowest BCUT2D eigenvalue weighted by Gasteiger charge is -2.19. The molecule has 0 aliphatic rings. The number of hydrogen-bond acceptors (Lipinski definition) is 7. The molecule has 0 saturated heterocycles. The second-order valence-electron chi connectivity index (χ2n) is 7.28. The topological polar surface area (TPSA) is 87.5 Å². The van der Waals surface area contributed by atoms with Crippen molar-refractivity contribution in [1.29, 1.82) is 0 Å². The van der Waals surface area contributed by atoms with Gasteiger partial charge in [-0.25, -0.2) is 0 Å². The van der Waals surface area contributed by atoms with E-state index in [1.807, 2.05) is 61.7 Å². The number of aromatic nitrogens is 3. The van der Waals surface area contributed by atoms with E-state index in [0.717, 1.165) is 5.75 Å². The normalized spacial score (nSPS) is 11.8. The van der Waals surface area contributed by atoms with Crippen molar-refractivity contribution in [3.8, 4) is 17.2 Å². The molecule has 0 spiro atoms. The molecule has 1 unspecified atom stereocenters. The minimum absolute atomic E-state index is 0.0988. The molecule has 1 aromatic heterocycles. The molecule has 0 bridgehead atoms. The van der Waals surface area contributed by atoms with E-state index >= 15 is 0 Å². The maximum absolute atomic E-state index is 12.5.